The van der Waals surface area contributed by atoms with E-state index in [4.69, 9.17) is 9.47 Å². The quantitative estimate of drug-likeness (QED) is 0.616. The van der Waals surface area contributed by atoms with Gasteiger partial charge < -0.3 is 9.47 Å². The molecule has 1 aromatic rings. The van der Waals surface area contributed by atoms with Gasteiger partial charge in [0.15, 0.2) is 0 Å². The summed E-state index contributed by atoms with van der Waals surface area (Å²) < 4.78 is 10.4. The van der Waals surface area contributed by atoms with Crippen LogP contribution in [0.15, 0.2) is 18.2 Å². The summed E-state index contributed by atoms with van der Waals surface area (Å²) in [5.74, 6) is 0.412. The normalized spacial score (nSPS) is 9.94. The third-order valence-corrected chi connectivity index (χ3v) is 2.63. The molecule has 0 radical (unpaired) electrons. The van der Waals surface area contributed by atoms with Gasteiger partial charge in [-0.1, -0.05) is 22.0 Å². The first-order valence-electron chi connectivity index (χ1n) is 5.21. The van der Waals surface area contributed by atoms with Gasteiger partial charge in [-0.05, 0) is 26.0 Å². The van der Waals surface area contributed by atoms with Crippen LogP contribution in [0.25, 0.3) is 0 Å². The van der Waals surface area contributed by atoms with Crippen molar-refractivity contribution in [3.8, 4) is 5.75 Å². The van der Waals surface area contributed by atoms with Crippen molar-refractivity contribution in [1.82, 2.24) is 0 Å². The maximum absolute atomic E-state index is 11.5. The second kappa shape index (κ2) is 6.53. The van der Waals surface area contributed by atoms with E-state index < -0.39 is 0 Å². The molecule has 3 nitrogen and oxygen atoms in total. The monoisotopic (exact) mass is 286 g/mol. The smallest absolute Gasteiger partial charge is 0.338 e. The van der Waals surface area contributed by atoms with Crippen molar-refractivity contribution in [3.63, 3.8) is 0 Å². The van der Waals surface area contributed by atoms with Gasteiger partial charge in [-0.3, -0.25) is 0 Å². The average Bonchev–Trinajstić information content (AvgIpc) is 2.29. The van der Waals surface area contributed by atoms with Gasteiger partial charge in [-0.15, -0.1) is 0 Å². The highest BCUT2D eigenvalue weighted by Gasteiger charge is 2.10. The summed E-state index contributed by atoms with van der Waals surface area (Å²) in [7, 11) is 0. The first-order valence-corrected chi connectivity index (χ1v) is 6.33. The lowest BCUT2D eigenvalue weighted by Gasteiger charge is -2.10. The zero-order valence-electron chi connectivity index (χ0n) is 9.46. The van der Waals surface area contributed by atoms with Crippen LogP contribution in [0.4, 0.5) is 0 Å². The van der Waals surface area contributed by atoms with E-state index in [9.17, 15) is 4.79 Å². The molecule has 0 aromatic heterocycles. The molecule has 0 saturated carbocycles. The second-order valence-electron chi connectivity index (χ2n) is 3.11. The Labute approximate surface area is 104 Å². The fraction of sp³-hybridized carbons (Fsp3) is 0.417. The molecule has 0 aliphatic carbocycles. The topological polar surface area (TPSA) is 35.5 Å². The lowest BCUT2D eigenvalue weighted by Crippen LogP contribution is -2.06. The van der Waals surface area contributed by atoms with E-state index >= 15 is 0 Å². The van der Waals surface area contributed by atoms with Crippen LogP contribution in [-0.2, 0) is 10.1 Å². The third-order valence-electron chi connectivity index (χ3n) is 2.02. The minimum absolute atomic E-state index is 0.315. The minimum Gasteiger partial charge on any atom is -0.494 e. The highest BCUT2D eigenvalue weighted by Crippen LogP contribution is 2.23. The van der Waals surface area contributed by atoms with Gasteiger partial charge in [0.05, 0.1) is 18.8 Å². The predicted octanol–water partition coefficient (Wildman–Crippen LogP) is 3.16. The lowest BCUT2D eigenvalue weighted by molar-refractivity contribution is 0.0526. The fourth-order valence-electron chi connectivity index (χ4n) is 1.30. The van der Waals surface area contributed by atoms with Crippen molar-refractivity contribution in [2.45, 2.75) is 19.2 Å². The third kappa shape index (κ3) is 3.23. The maximum atomic E-state index is 11.5. The van der Waals surface area contributed by atoms with Gasteiger partial charge in [-0.2, -0.15) is 0 Å². The minimum atomic E-state index is -0.315. The molecular weight excluding hydrogens is 272 g/mol. The maximum Gasteiger partial charge on any atom is 0.338 e. The van der Waals surface area contributed by atoms with Gasteiger partial charge in [0, 0.05) is 10.9 Å². The molecule has 0 N–H and O–H groups in total. The molecule has 0 saturated heterocycles. The molecule has 0 amide bonds. The Hall–Kier alpha value is -1.03. The molecular formula is C12H15BrO3. The van der Waals surface area contributed by atoms with Crippen LogP contribution in [0.3, 0.4) is 0 Å². The van der Waals surface area contributed by atoms with Crippen molar-refractivity contribution in [2.75, 3.05) is 13.2 Å². The van der Waals surface area contributed by atoms with Crippen molar-refractivity contribution >= 4 is 21.9 Å². The Balaban J connectivity index is 2.96. The van der Waals surface area contributed by atoms with E-state index in [2.05, 4.69) is 15.9 Å². The second-order valence-corrected chi connectivity index (χ2v) is 3.67. The Bertz CT molecular complexity index is 363. The van der Waals surface area contributed by atoms with E-state index in [0.717, 1.165) is 11.3 Å². The molecule has 1 aromatic carbocycles. The number of alkyl halides is 1. The molecule has 88 valence electrons. The van der Waals surface area contributed by atoms with Crippen molar-refractivity contribution in [1.29, 1.82) is 0 Å². The van der Waals surface area contributed by atoms with Crippen LogP contribution >= 0.6 is 15.9 Å². The van der Waals surface area contributed by atoms with Gasteiger partial charge in [0.1, 0.15) is 5.75 Å². The van der Waals surface area contributed by atoms with Crippen molar-refractivity contribution < 1.29 is 14.3 Å². The largest absolute Gasteiger partial charge is 0.494 e. The molecule has 0 aliphatic rings. The van der Waals surface area contributed by atoms with Crippen LogP contribution in [0.1, 0.15) is 29.8 Å². The van der Waals surface area contributed by atoms with Crippen molar-refractivity contribution in [2.24, 2.45) is 0 Å². The first-order chi connectivity index (χ1) is 7.72. The van der Waals surface area contributed by atoms with Crippen LogP contribution in [0, 0.1) is 0 Å². The number of benzene rings is 1. The molecule has 0 bridgehead atoms. The predicted molar refractivity (Wildman–Crippen MR) is 66.2 cm³/mol. The summed E-state index contributed by atoms with van der Waals surface area (Å²) in [6.45, 7) is 4.65. The highest BCUT2D eigenvalue weighted by atomic mass is 79.9. The molecule has 0 heterocycles. The van der Waals surface area contributed by atoms with Gasteiger partial charge in [0.2, 0.25) is 0 Å². The molecule has 0 aliphatic heterocycles. The number of ether oxygens (including phenoxy) is 2. The Morgan fingerprint density at radius 2 is 2.06 bits per heavy atom. The number of halogens is 1. The molecule has 0 atom stereocenters. The summed E-state index contributed by atoms with van der Waals surface area (Å²) in [6.07, 6.45) is 0. The van der Waals surface area contributed by atoms with Gasteiger partial charge >= 0.3 is 5.97 Å². The number of esters is 1. The number of carbonyl (C=O) groups excluding carboxylic acids is 1. The summed E-state index contributed by atoms with van der Waals surface area (Å²) in [5.41, 5.74) is 1.55. The molecule has 4 heteroatoms. The molecule has 0 spiro atoms. The zero-order valence-corrected chi connectivity index (χ0v) is 11.0. The van der Waals surface area contributed by atoms with Crippen molar-refractivity contribution in [3.05, 3.63) is 29.3 Å². The van der Waals surface area contributed by atoms with E-state index in [1.54, 1.807) is 19.1 Å². The first kappa shape index (κ1) is 13.0. The zero-order chi connectivity index (χ0) is 12.0. The summed E-state index contributed by atoms with van der Waals surface area (Å²) in [5, 5.41) is 0.700. The Kier molecular flexibility index (Phi) is 5.32. The van der Waals surface area contributed by atoms with E-state index in [1.807, 2.05) is 13.0 Å². The summed E-state index contributed by atoms with van der Waals surface area (Å²) in [6, 6.07) is 5.33. The number of rotatable bonds is 5. The number of hydrogen-bond donors (Lipinski definition) is 0. The molecule has 16 heavy (non-hydrogen) atoms. The summed E-state index contributed by atoms with van der Waals surface area (Å²) >= 11 is 3.37. The SMILES string of the molecule is CCOC(=O)c1ccc(CBr)c(OCC)c1. The number of hydrogen-bond acceptors (Lipinski definition) is 3. The Morgan fingerprint density at radius 3 is 2.62 bits per heavy atom. The molecule has 1 rings (SSSR count). The van der Waals surface area contributed by atoms with E-state index in [0.29, 0.717) is 24.1 Å². The van der Waals surface area contributed by atoms with Crippen LogP contribution in [0.5, 0.6) is 5.75 Å². The van der Waals surface area contributed by atoms with Gasteiger partial charge in [-0.25, -0.2) is 4.79 Å². The molecule has 0 fully saturated rings. The highest BCUT2D eigenvalue weighted by molar-refractivity contribution is 9.08. The molecule has 0 unspecified atom stereocenters. The van der Waals surface area contributed by atoms with E-state index in [-0.39, 0.29) is 5.97 Å². The van der Waals surface area contributed by atoms with E-state index in [1.165, 1.54) is 0 Å². The van der Waals surface area contributed by atoms with Gasteiger partial charge in [0.25, 0.3) is 0 Å². The lowest BCUT2D eigenvalue weighted by atomic mass is 10.1. The van der Waals surface area contributed by atoms with Crippen LogP contribution in [-0.4, -0.2) is 19.2 Å². The Morgan fingerprint density at radius 1 is 1.31 bits per heavy atom. The fourth-order valence-corrected chi connectivity index (χ4v) is 1.76. The van der Waals surface area contributed by atoms with Crippen LogP contribution in [0.2, 0.25) is 0 Å². The summed E-state index contributed by atoms with van der Waals surface area (Å²) in [4.78, 5) is 11.5. The van der Waals surface area contributed by atoms with Crippen LogP contribution < -0.4 is 4.74 Å². The average molecular weight is 287 g/mol. The standard InChI is InChI=1S/C12H15BrO3/c1-3-15-11-7-9(12(14)16-4-2)5-6-10(11)8-13/h5-7H,3-4,8H2,1-2H3. The number of carbonyl (C=O) groups is 1.